The first-order valence-corrected chi connectivity index (χ1v) is 22.0. The number of ether oxygens (including phenoxy) is 3. The van der Waals surface area contributed by atoms with Gasteiger partial charge in [0.2, 0.25) is 5.89 Å². The van der Waals surface area contributed by atoms with Gasteiger partial charge in [0, 0.05) is 56.4 Å². The number of carbonyl (C=O) groups is 3. The number of nitrogens with zero attached hydrogens (tertiary/aromatic N) is 5. The Bertz CT molecular complexity index is 2340. The number of aromatic nitrogens is 5. The largest absolute Gasteiger partial charge is 0.458 e. The molecule has 4 saturated carbocycles. The molecular formula is C50H55N5O7. The average molecular weight is 838 g/mol. The summed E-state index contributed by atoms with van der Waals surface area (Å²) in [5.74, 6) is 0.870. The Hall–Kier alpha value is -6.04. The summed E-state index contributed by atoms with van der Waals surface area (Å²) in [6, 6.07) is 9.80. The zero-order valence-corrected chi connectivity index (χ0v) is 35.8. The zero-order valence-electron chi connectivity index (χ0n) is 35.8. The van der Waals surface area contributed by atoms with Gasteiger partial charge in [-0.05, 0) is 128 Å². The first-order chi connectivity index (χ1) is 30.1. The van der Waals surface area contributed by atoms with E-state index >= 15 is 0 Å². The molecule has 62 heavy (non-hydrogen) atoms. The molecule has 12 nitrogen and oxygen atoms in total. The molecule has 4 aliphatic rings. The van der Waals surface area contributed by atoms with Crippen molar-refractivity contribution in [2.75, 3.05) is 0 Å². The fraction of sp³-hybridized carbons (Fsp3) is 0.440. The van der Waals surface area contributed by atoms with Gasteiger partial charge in [-0.1, -0.05) is 56.3 Å². The summed E-state index contributed by atoms with van der Waals surface area (Å²) in [6.07, 6.45) is 25.6. The van der Waals surface area contributed by atoms with Crippen molar-refractivity contribution >= 4 is 17.9 Å². The van der Waals surface area contributed by atoms with Crippen LogP contribution in [0.3, 0.4) is 0 Å². The van der Waals surface area contributed by atoms with Crippen LogP contribution in [-0.2, 0) is 26.0 Å². The number of hydrogen-bond acceptors (Lipinski definition) is 12. The predicted octanol–water partition coefficient (Wildman–Crippen LogP) is 9.53. The minimum Gasteiger partial charge on any atom is -0.458 e. The monoisotopic (exact) mass is 837 g/mol. The second kappa shape index (κ2) is 18.5. The molecule has 0 bridgehead atoms. The highest BCUT2D eigenvalue weighted by molar-refractivity contribution is 5.90. The van der Waals surface area contributed by atoms with Crippen LogP contribution in [0.15, 0.2) is 126 Å². The molecule has 0 aliphatic heterocycles. The fourth-order valence-corrected chi connectivity index (χ4v) is 10.1. The highest BCUT2D eigenvalue weighted by Gasteiger charge is 2.57. The molecule has 7 atom stereocenters. The highest BCUT2D eigenvalue weighted by atomic mass is 16.6. The summed E-state index contributed by atoms with van der Waals surface area (Å²) >= 11 is 0. The van der Waals surface area contributed by atoms with Crippen LogP contribution in [0.4, 0.5) is 0 Å². The van der Waals surface area contributed by atoms with Crippen molar-refractivity contribution < 1.29 is 33.1 Å². The minimum absolute atomic E-state index is 0.0587. The highest BCUT2D eigenvalue weighted by Crippen LogP contribution is 2.60. The summed E-state index contributed by atoms with van der Waals surface area (Å²) in [5.41, 5.74) is 3.75. The van der Waals surface area contributed by atoms with E-state index < -0.39 is 41.6 Å². The van der Waals surface area contributed by atoms with Crippen molar-refractivity contribution in [1.82, 2.24) is 25.1 Å². The number of rotatable bonds is 14. The van der Waals surface area contributed by atoms with Crippen molar-refractivity contribution in [3.63, 3.8) is 0 Å². The molecule has 4 aliphatic carbocycles. The lowest BCUT2D eigenvalue weighted by molar-refractivity contribution is 0.00210. The maximum absolute atomic E-state index is 13.5. The molecule has 322 valence electrons. The normalized spacial score (nSPS) is 26.5. The van der Waals surface area contributed by atoms with Crippen molar-refractivity contribution in [3.8, 4) is 0 Å². The Morgan fingerprint density at radius 1 is 0.855 bits per heavy atom. The number of fused-ring (bicyclic) bond motifs is 1. The third-order valence-electron chi connectivity index (χ3n) is 13.7. The van der Waals surface area contributed by atoms with E-state index in [2.05, 4.69) is 71.8 Å². The van der Waals surface area contributed by atoms with Gasteiger partial charge in [-0.3, -0.25) is 15.0 Å². The van der Waals surface area contributed by atoms with Gasteiger partial charge in [0.25, 0.3) is 0 Å². The van der Waals surface area contributed by atoms with Crippen LogP contribution in [0.2, 0.25) is 0 Å². The van der Waals surface area contributed by atoms with Crippen LogP contribution in [-0.4, -0.2) is 61.3 Å². The van der Waals surface area contributed by atoms with Crippen LogP contribution in [0.25, 0.3) is 0 Å². The maximum Gasteiger partial charge on any atom is 0.338 e. The Balaban J connectivity index is 1.01. The van der Waals surface area contributed by atoms with Crippen LogP contribution in [0, 0.1) is 23.2 Å². The molecule has 0 amide bonds. The van der Waals surface area contributed by atoms with E-state index in [0.29, 0.717) is 58.7 Å². The number of esters is 3. The van der Waals surface area contributed by atoms with Gasteiger partial charge in [0.15, 0.2) is 5.82 Å². The second-order valence-electron chi connectivity index (χ2n) is 17.6. The quantitative estimate of drug-likeness (QED) is 0.0674. The lowest BCUT2D eigenvalue weighted by atomic mass is 9.61. The third kappa shape index (κ3) is 9.10. The molecule has 0 saturated heterocycles. The Labute approximate surface area is 363 Å². The molecule has 4 aromatic rings. The lowest BCUT2D eigenvalue weighted by Crippen LogP contribution is -2.36. The predicted molar refractivity (Wildman–Crippen MR) is 231 cm³/mol. The van der Waals surface area contributed by atoms with E-state index in [9.17, 15) is 14.4 Å². The Morgan fingerprint density at radius 2 is 1.48 bits per heavy atom. The molecule has 4 fully saturated rings. The zero-order chi connectivity index (χ0) is 43.3. The van der Waals surface area contributed by atoms with Gasteiger partial charge in [0.05, 0.1) is 22.1 Å². The van der Waals surface area contributed by atoms with E-state index in [1.165, 1.54) is 5.57 Å². The summed E-state index contributed by atoms with van der Waals surface area (Å²) in [6.45, 7) is 11.2. The van der Waals surface area contributed by atoms with Crippen molar-refractivity contribution in [1.29, 1.82) is 0 Å². The SMILES string of the molecule is C=C1C(=CC=C2CCC[C@]3(C)[C@@H]([C@H](C)C=C[C@@H](OC(=O)c4ccncc4)C4(c5nc(CCC)no5)CC4)CC[C@@H]23)C[C@@H](OC(=O)c2ccncc2)C[C@@H]1OC(=O)c1ccncc1. The first-order valence-electron chi connectivity index (χ1n) is 22.0. The molecule has 0 radical (unpaired) electrons. The van der Waals surface area contributed by atoms with Crippen LogP contribution >= 0.6 is 0 Å². The number of allylic oxidation sites excluding steroid dienone is 4. The van der Waals surface area contributed by atoms with Crippen molar-refractivity contribution in [3.05, 3.63) is 150 Å². The van der Waals surface area contributed by atoms with Gasteiger partial charge < -0.3 is 18.7 Å². The van der Waals surface area contributed by atoms with E-state index in [1.807, 2.05) is 0 Å². The summed E-state index contributed by atoms with van der Waals surface area (Å²) in [5, 5.41) is 4.24. The molecule has 0 N–H and O–H groups in total. The molecule has 0 spiro atoms. The summed E-state index contributed by atoms with van der Waals surface area (Å²) in [7, 11) is 0. The average Bonchev–Trinajstić information content (AvgIpc) is 3.82. The van der Waals surface area contributed by atoms with Crippen molar-refractivity contribution in [2.24, 2.45) is 23.2 Å². The smallest absolute Gasteiger partial charge is 0.338 e. The number of hydrogen-bond donors (Lipinski definition) is 0. The number of carbonyl (C=O) groups excluding carboxylic acids is 3. The molecule has 0 aromatic carbocycles. The fourth-order valence-electron chi connectivity index (χ4n) is 10.1. The first kappa shape index (κ1) is 42.6. The van der Waals surface area contributed by atoms with Gasteiger partial charge >= 0.3 is 17.9 Å². The number of aryl methyl sites for hydroxylation is 1. The third-order valence-corrected chi connectivity index (χ3v) is 13.7. The topological polar surface area (TPSA) is 156 Å². The van der Waals surface area contributed by atoms with E-state index in [-0.39, 0.29) is 11.3 Å². The molecule has 8 rings (SSSR count). The lowest BCUT2D eigenvalue weighted by Gasteiger charge is -2.44. The molecule has 4 heterocycles. The standard InChI is InChI=1S/C50H55N5O7/c1-5-7-44-54-48(62-55-44)50(22-23-50)43(61-47(58)37-19-28-53-29-20-37)14-9-32(2)40-12-13-41-34(8-6-21-49(40,41)4)10-11-38-30-39(59-45(56)35-15-24-51-25-16-35)31-42(33(38)3)60-46(57)36-17-26-52-27-18-36/h9-11,14-20,24-29,32,39-43H,3,5-8,12-13,21-23,30-31H2,1-2,4H3/t32-,39-,40-,41+,42+,43-,49-/m1/s1. The van der Waals surface area contributed by atoms with E-state index in [1.54, 1.807) is 73.6 Å². The molecular weight excluding hydrogens is 783 g/mol. The van der Waals surface area contributed by atoms with Gasteiger partial charge in [-0.2, -0.15) is 4.98 Å². The Morgan fingerprint density at radius 3 is 2.11 bits per heavy atom. The van der Waals surface area contributed by atoms with Gasteiger partial charge in [-0.25, -0.2) is 14.4 Å². The van der Waals surface area contributed by atoms with Crippen LogP contribution in [0.1, 0.15) is 128 Å². The molecule has 12 heteroatoms. The summed E-state index contributed by atoms with van der Waals surface area (Å²) in [4.78, 5) is 56.7. The minimum atomic E-state index is -0.676. The molecule has 4 aromatic heterocycles. The van der Waals surface area contributed by atoms with Gasteiger partial charge in [0.1, 0.15) is 18.3 Å². The van der Waals surface area contributed by atoms with Crippen molar-refractivity contribution in [2.45, 2.75) is 115 Å². The van der Waals surface area contributed by atoms with Crippen LogP contribution in [0.5, 0.6) is 0 Å². The number of pyridine rings is 3. The Kier molecular flexibility index (Phi) is 12.7. The van der Waals surface area contributed by atoms with E-state index in [4.69, 9.17) is 23.7 Å². The van der Waals surface area contributed by atoms with Crippen LogP contribution < -0.4 is 0 Å². The maximum atomic E-state index is 13.5. The van der Waals surface area contributed by atoms with Gasteiger partial charge in [-0.15, -0.1) is 0 Å². The molecule has 0 unspecified atom stereocenters. The second-order valence-corrected chi connectivity index (χ2v) is 17.6. The summed E-state index contributed by atoms with van der Waals surface area (Å²) < 4.78 is 24.1. The van der Waals surface area contributed by atoms with E-state index in [0.717, 1.165) is 63.4 Å².